The molecule has 0 atom stereocenters. The van der Waals surface area contributed by atoms with Gasteiger partial charge in [-0.2, -0.15) is 5.26 Å². The van der Waals surface area contributed by atoms with Crippen molar-refractivity contribution in [1.29, 1.82) is 5.26 Å². The summed E-state index contributed by atoms with van der Waals surface area (Å²) in [7, 11) is 0. The van der Waals surface area contributed by atoms with E-state index in [4.69, 9.17) is 16.8 Å². The van der Waals surface area contributed by atoms with Gasteiger partial charge in [-0.15, -0.1) is 5.10 Å². The highest BCUT2D eigenvalue weighted by Gasteiger charge is 2.19. The Morgan fingerprint density at radius 1 is 1.44 bits per heavy atom. The Hall–Kier alpha value is -2.47. The number of hydrogen-bond donors (Lipinski definition) is 3. The number of amidine groups is 1. The number of nitrogens with zero attached hydrogens (tertiary/aromatic N) is 5. The molecule has 92 valence electrons. The van der Waals surface area contributed by atoms with Crippen LogP contribution in [-0.2, 0) is 0 Å². The summed E-state index contributed by atoms with van der Waals surface area (Å²) in [6, 6.07) is 8.88. The lowest BCUT2D eigenvalue weighted by molar-refractivity contribution is 0.0776. The summed E-state index contributed by atoms with van der Waals surface area (Å²) in [4.78, 5) is 4.21. The highest BCUT2D eigenvalue weighted by atomic mass is 16.0. The molecule has 8 nitrogen and oxygen atoms in total. The molecule has 0 radical (unpaired) electrons. The van der Waals surface area contributed by atoms with Crippen LogP contribution < -0.4 is 17.1 Å². The molecule has 5 N–H and O–H groups in total. The van der Waals surface area contributed by atoms with E-state index in [1.165, 1.54) is 11.3 Å². The van der Waals surface area contributed by atoms with Gasteiger partial charge in [-0.05, 0) is 29.5 Å². The monoisotopic (exact) mass is 244 g/mol. The van der Waals surface area contributed by atoms with Crippen molar-refractivity contribution in [2.75, 3.05) is 6.54 Å². The van der Waals surface area contributed by atoms with Gasteiger partial charge in [-0.3, -0.25) is 0 Å². The summed E-state index contributed by atoms with van der Waals surface area (Å²) in [6.07, 6.45) is 1.49. The van der Waals surface area contributed by atoms with Gasteiger partial charge < -0.3 is 5.73 Å². The van der Waals surface area contributed by atoms with E-state index in [0.717, 1.165) is 5.23 Å². The van der Waals surface area contributed by atoms with Gasteiger partial charge in [0.25, 0.3) is 0 Å². The van der Waals surface area contributed by atoms with Crippen LogP contribution in [-0.4, -0.2) is 29.0 Å². The van der Waals surface area contributed by atoms with Gasteiger partial charge in [0.05, 0.1) is 23.9 Å². The zero-order valence-electron chi connectivity index (χ0n) is 9.48. The lowest BCUT2D eigenvalue weighted by Crippen LogP contribution is -2.50. The molecule has 1 aromatic rings. The topological polar surface area (TPSA) is 119 Å². The van der Waals surface area contributed by atoms with Crippen LogP contribution >= 0.6 is 0 Å². The van der Waals surface area contributed by atoms with Gasteiger partial charge in [-0.25, -0.2) is 21.4 Å². The molecule has 0 amide bonds. The van der Waals surface area contributed by atoms with Crippen LogP contribution in [0.1, 0.15) is 5.56 Å². The Balaban J connectivity index is 2.10. The van der Waals surface area contributed by atoms with Gasteiger partial charge in [-0.1, -0.05) is 0 Å². The third kappa shape index (κ3) is 2.44. The summed E-state index contributed by atoms with van der Waals surface area (Å²) in [5, 5.41) is 15.2. The third-order valence-electron chi connectivity index (χ3n) is 2.27. The van der Waals surface area contributed by atoms with Crippen molar-refractivity contribution in [3.8, 4) is 6.07 Å². The first-order valence-corrected chi connectivity index (χ1v) is 5.15. The molecular weight excluding hydrogens is 232 g/mol. The molecule has 1 aromatic carbocycles. The first-order chi connectivity index (χ1) is 8.74. The predicted molar refractivity (Wildman–Crippen MR) is 66.8 cm³/mol. The van der Waals surface area contributed by atoms with Crippen molar-refractivity contribution < 1.29 is 0 Å². The molecule has 2 rings (SSSR count). The van der Waals surface area contributed by atoms with Crippen LogP contribution in [0.5, 0.6) is 0 Å². The predicted octanol–water partition coefficient (Wildman–Crippen LogP) is -0.599. The summed E-state index contributed by atoms with van der Waals surface area (Å²) < 4.78 is 0. The quantitative estimate of drug-likeness (QED) is 0.371. The summed E-state index contributed by atoms with van der Waals surface area (Å²) >= 11 is 0. The molecule has 0 saturated heterocycles. The maximum absolute atomic E-state index is 8.67. The molecule has 8 heteroatoms. The second kappa shape index (κ2) is 5.24. The average Bonchev–Trinajstić information content (AvgIpc) is 2.77. The lowest BCUT2D eigenvalue weighted by Gasteiger charge is -2.19. The SMILES string of the molecule is N#Cc1ccc(N=CN2C(CN)=NNN2N)cc1. The Bertz CT molecular complexity index is 512. The summed E-state index contributed by atoms with van der Waals surface area (Å²) in [6.45, 7) is 0.236. The second-order valence-electron chi connectivity index (χ2n) is 3.42. The van der Waals surface area contributed by atoms with Crippen molar-refractivity contribution in [2.24, 2.45) is 21.7 Å². The largest absolute Gasteiger partial charge is 0.324 e. The first kappa shape index (κ1) is 12.0. The molecule has 1 heterocycles. The Kier molecular flexibility index (Phi) is 3.49. The van der Waals surface area contributed by atoms with E-state index in [1.54, 1.807) is 24.3 Å². The molecule has 0 aliphatic carbocycles. The molecule has 0 spiro atoms. The fourth-order valence-electron chi connectivity index (χ4n) is 1.34. The minimum atomic E-state index is 0.236. The summed E-state index contributed by atoms with van der Waals surface area (Å²) in [5.41, 5.74) is 9.32. The smallest absolute Gasteiger partial charge is 0.163 e. The van der Waals surface area contributed by atoms with E-state index in [-0.39, 0.29) is 6.54 Å². The molecule has 0 saturated carbocycles. The average molecular weight is 244 g/mol. The van der Waals surface area contributed by atoms with Gasteiger partial charge >= 0.3 is 0 Å². The zero-order chi connectivity index (χ0) is 13.0. The summed E-state index contributed by atoms with van der Waals surface area (Å²) in [5.74, 6) is 6.15. The standard InChI is InChI=1S/C10H12N8/c11-5-8-1-3-9(4-2-8)14-7-17-10(6-12)15-16-18(17)13/h1-4,7,16H,6,12-13H2. The number of nitriles is 1. The highest BCUT2D eigenvalue weighted by Crippen LogP contribution is 2.12. The van der Waals surface area contributed by atoms with Crippen molar-refractivity contribution in [1.82, 2.24) is 15.8 Å². The van der Waals surface area contributed by atoms with Crippen LogP contribution in [0.15, 0.2) is 34.4 Å². The fourth-order valence-corrected chi connectivity index (χ4v) is 1.34. The molecule has 0 unspecified atom stereocenters. The molecule has 1 aliphatic rings. The van der Waals surface area contributed by atoms with Gasteiger partial charge in [0, 0.05) is 0 Å². The van der Waals surface area contributed by atoms with E-state index in [9.17, 15) is 0 Å². The number of nitrogens with one attached hydrogen (secondary N) is 1. The van der Waals surface area contributed by atoms with Crippen LogP contribution in [0.3, 0.4) is 0 Å². The van der Waals surface area contributed by atoms with Crippen LogP contribution in [0.25, 0.3) is 0 Å². The van der Waals surface area contributed by atoms with Crippen LogP contribution in [0.2, 0.25) is 0 Å². The van der Waals surface area contributed by atoms with Crippen molar-refractivity contribution in [2.45, 2.75) is 0 Å². The molecule has 1 aliphatic heterocycles. The van der Waals surface area contributed by atoms with Crippen molar-refractivity contribution >= 4 is 17.9 Å². The van der Waals surface area contributed by atoms with Crippen LogP contribution in [0, 0.1) is 11.3 Å². The number of hydrazine groups is 3. The molecular formula is C10H12N8. The van der Waals surface area contributed by atoms with E-state index in [1.807, 2.05) is 6.07 Å². The fraction of sp³-hybridized carbons (Fsp3) is 0.100. The number of rotatable bonds is 3. The van der Waals surface area contributed by atoms with Gasteiger partial charge in [0.1, 0.15) is 6.34 Å². The molecule has 0 fully saturated rings. The van der Waals surface area contributed by atoms with Crippen LogP contribution in [0.4, 0.5) is 5.69 Å². The minimum Gasteiger partial charge on any atom is -0.324 e. The van der Waals surface area contributed by atoms with E-state index < -0.39 is 0 Å². The van der Waals surface area contributed by atoms with E-state index in [2.05, 4.69) is 15.6 Å². The minimum absolute atomic E-state index is 0.236. The number of benzene rings is 1. The first-order valence-electron chi connectivity index (χ1n) is 5.15. The third-order valence-corrected chi connectivity index (χ3v) is 2.27. The van der Waals surface area contributed by atoms with Gasteiger partial charge in [0.2, 0.25) is 0 Å². The van der Waals surface area contributed by atoms with E-state index >= 15 is 0 Å². The zero-order valence-corrected chi connectivity index (χ0v) is 9.48. The molecule has 0 bridgehead atoms. The number of aliphatic imine (C=N–C) groups is 1. The van der Waals surface area contributed by atoms with Crippen molar-refractivity contribution in [3.05, 3.63) is 29.8 Å². The molecule has 0 aromatic heterocycles. The number of hydrazone groups is 1. The Morgan fingerprint density at radius 2 is 2.17 bits per heavy atom. The number of hydrogen-bond acceptors (Lipinski definition) is 7. The lowest BCUT2D eigenvalue weighted by atomic mass is 10.2. The number of nitrogens with two attached hydrogens (primary N) is 2. The maximum Gasteiger partial charge on any atom is 0.163 e. The normalized spacial score (nSPS) is 15.6. The van der Waals surface area contributed by atoms with Gasteiger partial charge in [0.15, 0.2) is 5.84 Å². The Labute approximate surface area is 104 Å². The molecule has 18 heavy (non-hydrogen) atoms. The van der Waals surface area contributed by atoms with E-state index in [0.29, 0.717) is 17.1 Å². The highest BCUT2D eigenvalue weighted by molar-refractivity contribution is 5.93. The maximum atomic E-state index is 8.67. The van der Waals surface area contributed by atoms with Crippen molar-refractivity contribution in [3.63, 3.8) is 0 Å². The Morgan fingerprint density at radius 3 is 2.78 bits per heavy atom. The second-order valence-corrected chi connectivity index (χ2v) is 3.42.